The van der Waals surface area contributed by atoms with Crippen molar-refractivity contribution < 1.29 is 18.8 Å². The molecule has 0 amide bonds. The number of carbonyl (C=O) groups is 1. The second kappa shape index (κ2) is 7.17. The molecule has 0 radical (unpaired) electrons. The smallest absolute Gasteiger partial charge is 0.338 e. The molecular weight excluding hydrogens is 320 g/mol. The van der Waals surface area contributed by atoms with Crippen LogP contribution in [0.2, 0.25) is 0 Å². The Labute approximate surface area is 145 Å². The first-order valence-electron chi connectivity index (χ1n) is 7.79. The van der Waals surface area contributed by atoms with Gasteiger partial charge in [-0.2, -0.15) is 4.98 Å². The lowest BCUT2D eigenvalue weighted by Crippen LogP contribution is -2.06. The van der Waals surface area contributed by atoms with Crippen molar-refractivity contribution in [2.75, 3.05) is 7.11 Å². The molecule has 0 aliphatic rings. The van der Waals surface area contributed by atoms with Crippen LogP contribution in [0, 0.1) is 13.8 Å². The minimum absolute atomic E-state index is 0.0894. The molecule has 0 fully saturated rings. The zero-order valence-electron chi connectivity index (χ0n) is 14.3. The van der Waals surface area contributed by atoms with E-state index in [1.165, 1.54) is 0 Å². The van der Waals surface area contributed by atoms with E-state index in [2.05, 4.69) is 10.1 Å². The summed E-state index contributed by atoms with van der Waals surface area (Å²) >= 11 is 0. The maximum absolute atomic E-state index is 12.1. The number of esters is 1. The second-order valence-electron chi connectivity index (χ2n) is 5.59. The van der Waals surface area contributed by atoms with Crippen LogP contribution in [-0.4, -0.2) is 23.2 Å². The largest absolute Gasteiger partial charge is 0.496 e. The molecule has 0 aliphatic carbocycles. The highest BCUT2D eigenvalue weighted by molar-refractivity contribution is 5.89. The summed E-state index contributed by atoms with van der Waals surface area (Å²) in [4.78, 5) is 16.4. The number of hydrogen-bond acceptors (Lipinski definition) is 6. The van der Waals surface area contributed by atoms with Crippen LogP contribution in [0.3, 0.4) is 0 Å². The van der Waals surface area contributed by atoms with Crippen LogP contribution in [0.15, 0.2) is 47.0 Å². The number of methoxy groups -OCH3 is 1. The van der Waals surface area contributed by atoms with Crippen LogP contribution < -0.4 is 4.74 Å². The summed E-state index contributed by atoms with van der Waals surface area (Å²) in [6.45, 7) is 3.85. The maximum Gasteiger partial charge on any atom is 0.338 e. The highest BCUT2D eigenvalue weighted by Gasteiger charge is 2.15. The van der Waals surface area contributed by atoms with Gasteiger partial charge in [0, 0.05) is 0 Å². The maximum atomic E-state index is 12.1. The molecule has 3 rings (SSSR count). The van der Waals surface area contributed by atoms with Gasteiger partial charge in [-0.1, -0.05) is 23.4 Å². The van der Waals surface area contributed by atoms with Crippen molar-refractivity contribution in [1.29, 1.82) is 0 Å². The van der Waals surface area contributed by atoms with E-state index in [-0.39, 0.29) is 12.5 Å². The number of aromatic nitrogens is 2. The molecule has 0 bridgehead atoms. The van der Waals surface area contributed by atoms with E-state index in [0.29, 0.717) is 22.7 Å². The summed E-state index contributed by atoms with van der Waals surface area (Å²) in [5.74, 6) is 0.815. The highest BCUT2D eigenvalue weighted by Crippen LogP contribution is 2.27. The summed E-state index contributed by atoms with van der Waals surface area (Å²) in [5, 5.41) is 3.91. The van der Waals surface area contributed by atoms with E-state index in [9.17, 15) is 4.79 Å². The SMILES string of the molecule is COc1ccccc1-c1noc(COC(=O)c2ccc(C)c(C)c2)n1. The highest BCUT2D eigenvalue weighted by atomic mass is 16.6. The van der Waals surface area contributed by atoms with E-state index >= 15 is 0 Å². The van der Waals surface area contributed by atoms with Gasteiger partial charge in [0.15, 0.2) is 6.61 Å². The van der Waals surface area contributed by atoms with Crippen molar-refractivity contribution in [1.82, 2.24) is 10.1 Å². The fourth-order valence-corrected chi connectivity index (χ4v) is 2.33. The van der Waals surface area contributed by atoms with Crippen LogP contribution in [-0.2, 0) is 11.3 Å². The lowest BCUT2D eigenvalue weighted by molar-refractivity contribution is 0.0429. The van der Waals surface area contributed by atoms with Crippen molar-refractivity contribution in [3.05, 3.63) is 65.0 Å². The zero-order chi connectivity index (χ0) is 17.8. The first kappa shape index (κ1) is 16.7. The molecular formula is C19H18N2O4. The van der Waals surface area contributed by atoms with Gasteiger partial charge < -0.3 is 14.0 Å². The summed E-state index contributed by atoms with van der Waals surface area (Å²) in [7, 11) is 1.57. The van der Waals surface area contributed by atoms with Gasteiger partial charge in [-0.15, -0.1) is 0 Å². The van der Waals surface area contributed by atoms with Crippen LogP contribution in [0.4, 0.5) is 0 Å². The van der Waals surface area contributed by atoms with Crippen LogP contribution in [0.25, 0.3) is 11.4 Å². The van der Waals surface area contributed by atoms with Crippen molar-refractivity contribution in [3.63, 3.8) is 0 Å². The fraction of sp³-hybridized carbons (Fsp3) is 0.211. The molecule has 128 valence electrons. The Bertz CT molecular complexity index is 902. The Kier molecular flexibility index (Phi) is 4.79. The predicted octanol–water partition coefficient (Wildman–Crippen LogP) is 3.72. The van der Waals surface area contributed by atoms with E-state index in [1.807, 2.05) is 44.2 Å². The molecule has 1 aromatic heterocycles. The van der Waals surface area contributed by atoms with Crippen molar-refractivity contribution in [2.45, 2.75) is 20.5 Å². The van der Waals surface area contributed by atoms with Crippen LogP contribution in [0.5, 0.6) is 5.75 Å². The van der Waals surface area contributed by atoms with E-state index < -0.39 is 5.97 Å². The fourth-order valence-electron chi connectivity index (χ4n) is 2.33. The quantitative estimate of drug-likeness (QED) is 0.660. The van der Waals surface area contributed by atoms with Crippen molar-refractivity contribution in [3.8, 4) is 17.1 Å². The van der Waals surface area contributed by atoms with Crippen LogP contribution in [0.1, 0.15) is 27.4 Å². The molecule has 0 unspecified atom stereocenters. The van der Waals surface area contributed by atoms with Gasteiger partial charge in [0.1, 0.15) is 5.75 Å². The minimum atomic E-state index is -0.430. The summed E-state index contributed by atoms with van der Waals surface area (Å²) in [6.07, 6.45) is 0. The lowest BCUT2D eigenvalue weighted by atomic mass is 10.1. The first-order valence-corrected chi connectivity index (χ1v) is 7.79. The van der Waals surface area contributed by atoms with Gasteiger partial charge in [-0.05, 0) is 49.2 Å². The normalized spacial score (nSPS) is 10.5. The van der Waals surface area contributed by atoms with Gasteiger partial charge in [0.2, 0.25) is 5.82 Å². The zero-order valence-corrected chi connectivity index (χ0v) is 14.3. The molecule has 3 aromatic rings. The molecule has 25 heavy (non-hydrogen) atoms. The number of nitrogens with zero attached hydrogens (tertiary/aromatic N) is 2. The number of para-hydroxylation sites is 1. The van der Waals surface area contributed by atoms with Gasteiger partial charge >= 0.3 is 5.97 Å². The molecule has 0 N–H and O–H groups in total. The summed E-state index contributed by atoms with van der Waals surface area (Å²) < 4.78 is 15.7. The van der Waals surface area contributed by atoms with Crippen molar-refractivity contribution >= 4 is 5.97 Å². The molecule has 0 atom stereocenters. The number of benzene rings is 2. The topological polar surface area (TPSA) is 74.5 Å². The minimum Gasteiger partial charge on any atom is -0.496 e. The monoisotopic (exact) mass is 338 g/mol. The Morgan fingerprint density at radius 2 is 1.92 bits per heavy atom. The van der Waals surface area contributed by atoms with Gasteiger partial charge in [-0.25, -0.2) is 4.79 Å². The number of ether oxygens (including phenoxy) is 2. The Morgan fingerprint density at radius 3 is 2.68 bits per heavy atom. The predicted molar refractivity (Wildman–Crippen MR) is 91.3 cm³/mol. The molecule has 6 heteroatoms. The lowest BCUT2D eigenvalue weighted by Gasteiger charge is -2.05. The van der Waals surface area contributed by atoms with E-state index in [1.54, 1.807) is 19.2 Å². The Balaban J connectivity index is 1.69. The second-order valence-corrected chi connectivity index (χ2v) is 5.59. The standard InChI is InChI=1S/C19H18N2O4/c1-12-8-9-14(10-13(12)2)19(22)24-11-17-20-18(21-25-17)15-6-4-5-7-16(15)23-3/h4-10H,11H2,1-3H3. The molecule has 6 nitrogen and oxygen atoms in total. The average molecular weight is 338 g/mol. The van der Waals surface area contributed by atoms with Gasteiger partial charge in [0.25, 0.3) is 5.89 Å². The first-order chi connectivity index (χ1) is 12.1. The third-order valence-electron chi connectivity index (χ3n) is 3.89. The van der Waals surface area contributed by atoms with Crippen LogP contribution >= 0.6 is 0 Å². The Morgan fingerprint density at radius 1 is 1.12 bits per heavy atom. The van der Waals surface area contributed by atoms with Gasteiger partial charge in [-0.3, -0.25) is 0 Å². The molecule has 2 aromatic carbocycles. The van der Waals surface area contributed by atoms with E-state index in [0.717, 1.165) is 11.1 Å². The third-order valence-corrected chi connectivity index (χ3v) is 3.89. The van der Waals surface area contributed by atoms with Gasteiger partial charge in [0.05, 0.1) is 18.2 Å². The summed E-state index contributed by atoms with van der Waals surface area (Å²) in [5.41, 5.74) is 3.36. The third kappa shape index (κ3) is 3.68. The molecule has 0 spiro atoms. The molecule has 0 aliphatic heterocycles. The average Bonchev–Trinajstić information content (AvgIpc) is 3.10. The van der Waals surface area contributed by atoms with Crippen molar-refractivity contribution in [2.24, 2.45) is 0 Å². The molecule has 1 heterocycles. The number of rotatable bonds is 5. The van der Waals surface area contributed by atoms with E-state index in [4.69, 9.17) is 14.0 Å². The number of hydrogen-bond donors (Lipinski definition) is 0. The summed E-state index contributed by atoms with van der Waals surface area (Å²) in [6, 6.07) is 12.8. The number of aryl methyl sites for hydroxylation is 2. The molecule has 0 saturated carbocycles. The molecule has 0 saturated heterocycles. The Hall–Kier alpha value is -3.15. The number of carbonyl (C=O) groups excluding carboxylic acids is 1.